The van der Waals surface area contributed by atoms with Gasteiger partial charge >= 0.3 is 12.5 Å². The largest absolute Gasteiger partial charge is 0.503 e. The van der Waals surface area contributed by atoms with E-state index in [1.165, 1.54) is 0 Å². The first-order valence-corrected chi connectivity index (χ1v) is 10.5. The molecule has 2 rings (SSSR count). The van der Waals surface area contributed by atoms with Crippen LogP contribution in [0.4, 0.5) is 35.1 Å². The molecule has 1 atom stereocenters. The molecule has 200 valence electrons. The van der Waals surface area contributed by atoms with E-state index >= 15 is 0 Å². The fourth-order valence-corrected chi connectivity index (χ4v) is 3.33. The zero-order chi connectivity index (χ0) is 27.4. The number of alkyl halides is 8. The molecule has 0 bridgehead atoms. The Morgan fingerprint density at radius 1 is 1.22 bits per heavy atom. The van der Waals surface area contributed by atoms with Crippen LogP contribution in [0.1, 0.15) is 50.1 Å². The molecule has 0 saturated carbocycles. The molecule has 1 aliphatic carbocycles. The van der Waals surface area contributed by atoms with Crippen LogP contribution in [0.25, 0.3) is 5.57 Å². The molecule has 3 N–H and O–H groups in total. The van der Waals surface area contributed by atoms with Crippen LogP contribution in [0.5, 0.6) is 0 Å². The third-order valence-electron chi connectivity index (χ3n) is 5.08. The second kappa shape index (κ2) is 11.2. The first-order valence-electron chi connectivity index (χ1n) is 10.5. The maximum atomic E-state index is 13.2. The van der Waals surface area contributed by atoms with Crippen molar-refractivity contribution in [2.75, 3.05) is 7.05 Å². The van der Waals surface area contributed by atoms with Crippen LogP contribution < -0.4 is 11.1 Å². The van der Waals surface area contributed by atoms with Gasteiger partial charge in [0.15, 0.2) is 0 Å². The minimum Gasteiger partial charge on any atom is -0.441 e. The van der Waals surface area contributed by atoms with E-state index in [4.69, 9.17) is 10.2 Å². The number of hydrogen-bond acceptors (Lipinski definition) is 6. The Morgan fingerprint density at radius 3 is 2.36 bits per heavy atom. The topological polar surface area (TPSA) is 106 Å². The van der Waals surface area contributed by atoms with Crippen molar-refractivity contribution in [3.8, 4) is 0 Å². The number of hydrogen-bond donors (Lipinski definition) is 2. The summed E-state index contributed by atoms with van der Waals surface area (Å²) in [6, 6.07) is -0.992. The summed E-state index contributed by atoms with van der Waals surface area (Å²) in [4.78, 5) is 22.2. The maximum absolute atomic E-state index is 13.2. The number of aliphatic imine (C=N–C) groups is 2. The van der Waals surface area contributed by atoms with E-state index in [-0.39, 0.29) is 35.6 Å². The van der Waals surface area contributed by atoms with Gasteiger partial charge in [0.2, 0.25) is 5.89 Å². The molecule has 0 saturated heterocycles. The summed E-state index contributed by atoms with van der Waals surface area (Å²) in [5, 5.41) is 2.29. The summed E-state index contributed by atoms with van der Waals surface area (Å²) < 4.78 is 109. The average Bonchev–Trinajstić information content (AvgIpc) is 3.17. The van der Waals surface area contributed by atoms with E-state index < -0.39 is 53.8 Å². The number of rotatable bonds is 7. The molecule has 15 heteroatoms. The van der Waals surface area contributed by atoms with E-state index in [0.29, 0.717) is 12.8 Å². The molecule has 7 nitrogen and oxygen atoms in total. The Morgan fingerprint density at radius 2 is 1.86 bits per heavy atom. The third kappa shape index (κ3) is 7.37. The van der Waals surface area contributed by atoms with Crippen LogP contribution in [-0.4, -0.2) is 48.8 Å². The quantitative estimate of drug-likeness (QED) is 0.227. The van der Waals surface area contributed by atoms with Gasteiger partial charge in [-0.15, -0.1) is 13.2 Å². The summed E-state index contributed by atoms with van der Waals surface area (Å²) in [5.74, 6) is -1.79. The second-order valence-electron chi connectivity index (χ2n) is 8.00. The number of halogens is 8. The van der Waals surface area contributed by atoms with Gasteiger partial charge in [0.25, 0.3) is 12.3 Å². The molecule has 0 fully saturated rings. The van der Waals surface area contributed by atoms with Crippen LogP contribution >= 0.6 is 0 Å². The van der Waals surface area contributed by atoms with Crippen molar-refractivity contribution in [1.29, 1.82) is 0 Å². The van der Waals surface area contributed by atoms with Gasteiger partial charge in [-0.2, -0.15) is 18.2 Å². The number of nitrogens with one attached hydrogen (secondary N) is 1. The fourth-order valence-electron chi connectivity index (χ4n) is 3.33. The summed E-state index contributed by atoms with van der Waals surface area (Å²) in [5.41, 5.74) is 1.53. The van der Waals surface area contributed by atoms with Gasteiger partial charge in [0.1, 0.15) is 17.2 Å². The molecule has 0 aromatic carbocycles. The highest BCUT2D eigenvalue weighted by molar-refractivity contribution is 6.13. The lowest BCUT2D eigenvalue weighted by molar-refractivity contribution is -0.119. The molecule has 1 unspecified atom stereocenters. The average molecular weight is 529 g/mol. The highest BCUT2D eigenvalue weighted by Gasteiger charge is 2.36. The number of carbonyl (C=O) groups excluding carboxylic acids is 1. The number of aryl methyl sites for hydroxylation is 1. The van der Waals surface area contributed by atoms with Crippen molar-refractivity contribution in [3.05, 3.63) is 34.7 Å². The summed E-state index contributed by atoms with van der Waals surface area (Å²) >= 11 is 0. The number of aromatic nitrogens is 1. The van der Waals surface area contributed by atoms with E-state index in [2.05, 4.69) is 20.3 Å². The Labute approximate surface area is 200 Å². The summed E-state index contributed by atoms with van der Waals surface area (Å²) in [6.07, 6.45) is -11.7. The van der Waals surface area contributed by atoms with Gasteiger partial charge in [0, 0.05) is 25.3 Å². The SMILES string of the molecule is CN=C(/C=C(/c1nc2c(o1)CCCC2NC(=O)C(/C=N/C(F)(F)F)=C(/N)C(F)F)C(C)C)C(F)(F)F. The van der Waals surface area contributed by atoms with Crippen molar-refractivity contribution < 1.29 is 44.3 Å². The molecular formula is C21H23F8N5O2. The lowest BCUT2D eigenvalue weighted by atomic mass is 9.96. The van der Waals surface area contributed by atoms with Crippen LogP contribution in [0, 0.1) is 5.92 Å². The number of nitrogens with two attached hydrogens (primary N) is 1. The van der Waals surface area contributed by atoms with Crippen molar-refractivity contribution >= 4 is 23.4 Å². The minimum atomic E-state index is -5.14. The molecule has 0 aliphatic heterocycles. The van der Waals surface area contributed by atoms with Crippen molar-refractivity contribution in [2.24, 2.45) is 21.6 Å². The first kappa shape index (κ1) is 29.0. The highest BCUT2D eigenvalue weighted by Crippen LogP contribution is 2.34. The third-order valence-corrected chi connectivity index (χ3v) is 5.08. The zero-order valence-corrected chi connectivity index (χ0v) is 19.3. The molecule has 1 heterocycles. The van der Waals surface area contributed by atoms with Crippen molar-refractivity contribution in [1.82, 2.24) is 10.3 Å². The van der Waals surface area contributed by atoms with Gasteiger partial charge in [-0.25, -0.2) is 13.8 Å². The Bertz CT molecular complexity index is 1080. The number of allylic oxidation sites excluding steroid dienone is 3. The molecule has 0 spiro atoms. The summed E-state index contributed by atoms with van der Waals surface area (Å²) in [7, 11) is 0.974. The van der Waals surface area contributed by atoms with Crippen LogP contribution in [-0.2, 0) is 11.2 Å². The zero-order valence-electron chi connectivity index (χ0n) is 19.3. The molecule has 1 amide bonds. The number of amides is 1. The Hall–Kier alpha value is -3.26. The monoisotopic (exact) mass is 529 g/mol. The number of oxazole rings is 1. The smallest absolute Gasteiger partial charge is 0.441 e. The predicted molar refractivity (Wildman–Crippen MR) is 114 cm³/mol. The molecule has 1 aliphatic rings. The van der Waals surface area contributed by atoms with Gasteiger partial charge in [-0.1, -0.05) is 13.8 Å². The first-order chi connectivity index (χ1) is 16.5. The molecule has 1 aromatic rings. The number of nitrogens with zero attached hydrogens (tertiary/aromatic N) is 3. The number of carbonyl (C=O) groups is 1. The Kier molecular flexibility index (Phi) is 9.02. The predicted octanol–water partition coefficient (Wildman–Crippen LogP) is 4.91. The minimum absolute atomic E-state index is 0.0623. The van der Waals surface area contributed by atoms with Gasteiger partial charge in [0.05, 0.1) is 17.3 Å². The van der Waals surface area contributed by atoms with E-state index in [1.54, 1.807) is 13.8 Å². The van der Waals surface area contributed by atoms with Crippen molar-refractivity contribution in [3.63, 3.8) is 0 Å². The van der Waals surface area contributed by atoms with Crippen LogP contribution in [0.2, 0.25) is 0 Å². The fraction of sp³-hybridized carbons (Fsp3) is 0.524. The van der Waals surface area contributed by atoms with Crippen LogP contribution in [0.3, 0.4) is 0 Å². The van der Waals surface area contributed by atoms with Crippen LogP contribution in [0.15, 0.2) is 31.7 Å². The molecule has 36 heavy (non-hydrogen) atoms. The van der Waals surface area contributed by atoms with E-state index in [9.17, 15) is 39.9 Å². The summed E-state index contributed by atoms with van der Waals surface area (Å²) in [6.45, 7) is 3.20. The second-order valence-corrected chi connectivity index (χ2v) is 8.00. The van der Waals surface area contributed by atoms with Crippen molar-refractivity contribution in [2.45, 2.75) is 58.1 Å². The van der Waals surface area contributed by atoms with E-state index in [1.807, 2.05) is 0 Å². The van der Waals surface area contributed by atoms with Gasteiger partial charge in [-0.3, -0.25) is 9.79 Å². The normalized spacial score (nSPS) is 18.6. The maximum Gasteiger partial charge on any atom is 0.503 e. The lowest BCUT2D eigenvalue weighted by Crippen LogP contribution is -2.34. The molecule has 1 aromatic heterocycles. The Balaban J connectivity index is 2.44. The van der Waals surface area contributed by atoms with Gasteiger partial charge in [-0.05, 0) is 24.8 Å². The lowest BCUT2D eigenvalue weighted by Gasteiger charge is -2.22. The number of fused-ring (bicyclic) bond motifs is 1. The molecule has 0 radical (unpaired) electrons. The van der Waals surface area contributed by atoms with Gasteiger partial charge < -0.3 is 15.5 Å². The standard InChI is InChI=1S/C21H23F8N5O2/c1-9(2)10(7-14(31-3)20(24,25)26)19-34-16-12(5-4-6-13(16)36-19)33-18(35)11(15(30)17(22)23)8-32-21(27,28)29/h7-9,12,17H,4-6,30H2,1-3H3,(H,33,35)/b10-7+,15-11+,31-14?,32-8+. The van der Waals surface area contributed by atoms with E-state index in [0.717, 1.165) is 13.1 Å². The highest BCUT2D eigenvalue weighted by atomic mass is 19.4. The molecular weight excluding hydrogens is 506 g/mol.